The number of hydrogen-bond acceptors (Lipinski definition) is 4. The Kier molecular flexibility index (Phi) is 5.38. The molecule has 0 spiro atoms. The summed E-state index contributed by atoms with van der Waals surface area (Å²) in [4.78, 5) is 20.1. The number of rotatable bonds is 4. The van der Waals surface area contributed by atoms with Crippen molar-refractivity contribution in [1.29, 1.82) is 0 Å². The molecule has 0 aliphatic rings. The van der Waals surface area contributed by atoms with Crippen LogP contribution in [-0.2, 0) is 9.53 Å². The molecule has 0 radical (unpaired) electrons. The predicted octanol–water partition coefficient (Wildman–Crippen LogP) is 0.850. The lowest BCUT2D eigenvalue weighted by Crippen LogP contribution is -2.33. The molecule has 0 aromatic carbocycles. The standard InChI is InChI=1S/C7H16NO3P/c1-5(2)11-7(9)6(3)8-12(4)10/h5-6,8,10H,1-4H3/t6-,12?/m0/s1. The zero-order chi connectivity index (χ0) is 9.72. The zero-order valence-corrected chi connectivity index (χ0v) is 8.76. The molecule has 0 saturated carbocycles. The van der Waals surface area contributed by atoms with Gasteiger partial charge >= 0.3 is 5.97 Å². The van der Waals surface area contributed by atoms with Crippen molar-refractivity contribution in [3.05, 3.63) is 0 Å². The average Bonchev–Trinajstić information content (AvgIpc) is 1.84. The van der Waals surface area contributed by atoms with Gasteiger partial charge in [0, 0.05) is 0 Å². The van der Waals surface area contributed by atoms with E-state index in [-0.39, 0.29) is 12.1 Å². The molecule has 0 fully saturated rings. The summed E-state index contributed by atoms with van der Waals surface area (Å²) >= 11 is 0. The summed E-state index contributed by atoms with van der Waals surface area (Å²) < 4.78 is 4.91. The van der Waals surface area contributed by atoms with Gasteiger partial charge in [0.25, 0.3) is 0 Å². The lowest BCUT2D eigenvalue weighted by molar-refractivity contribution is -0.148. The van der Waals surface area contributed by atoms with Crippen LogP contribution < -0.4 is 5.09 Å². The molecular weight excluding hydrogens is 177 g/mol. The number of ether oxygens (including phenoxy) is 1. The lowest BCUT2D eigenvalue weighted by atomic mass is 10.4. The smallest absolute Gasteiger partial charge is 0.323 e. The molecule has 2 atom stereocenters. The number of carbonyl (C=O) groups excluding carboxylic acids is 1. The van der Waals surface area contributed by atoms with Gasteiger partial charge in [0.05, 0.1) is 14.4 Å². The van der Waals surface area contributed by atoms with E-state index in [1.54, 1.807) is 27.4 Å². The normalized spacial score (nSPS) is 15.8. The average molecular weight is 193 g/mol. The first kappa shape index (κ1) is 11.8. The third-order valence-electron chi connectivity index (χ3n) is 1.09. The molecule has 0 aromatic rings. The van der Waals surface area contributed by atoms with E-state index in [1.807, 2.05) is 0 Å². The Bertz CT molecular complexity index is 150. The van der Waals surface area contributed by atoms with E-state index in [0.717, 1.165) is 0 Å². The maximum Gasteiger partial charge on any atom is 0.323 e. The summed E-state index contributed by atoms with van der Waals surface area (Å²) in [5.74, 6) is -0.326. The van der Waals surface area contributed by atoms with E-state index in [4.69, 9.17) is 9.63 Å². The van der Waals surface area contributed by atoms with E-state index < -0.39 is 14.3 Å². The minimum Gasteiger partial charge on any atom is -0.462 e. The van der Waals surface area contributed by atoms with Crippen molar-refractivity contribution >= 4 is 14.3 Å². The van der Waals surface area contributed by atoms with Crippen LogP contribution in [0.2, 0.25) is 0 Å². The van der Waals surface area contributed by atoms with Crippen LogP contribution in [0.1, 0.15) is 20.8 Å². The molecule has 0 rings (SSSR count). The molecule has 0 bridgehead atoms. The Morgan fingerprint density at radius 1 is 1.50 bits per heavy atom. The van der Waals surface area contributed by atoms with Gasteiger partial charge in [-0.25, -0.2) is 0 Å². The van der Waals surface area contributed by atoms with Gasteiger partial charge < -0.3 is 9.63 Å². The molecule has 0 aromatic heterocycles. The fraction of sp³-hybridized carbons (Fsp3) is 0.857. The summed E-state index contributed by atoms with van der Waals surface area (Å²) in [7, 11) is -1.25. The summed E-state index contributed by atoms with van der Waals surface area (Å²) in [6, 6.07) is -0.437. The quantitative estimate of drug-likeness (QED) is 0.513. The van der Waals surface area contributed by atoms with Gasteiger partial charge in [-0.15, -0.1) is 0 Å². The SMILES string of the molecule is CC(C)OC(=O)[C@H](C)NP(C)O. The van der Waals surface area contributed by atoms with Gasteiger partial charge in [0.2, 0.25) is 0 Å². The molecule has 12 heavy (non-hydrogen) atoms. The minimum absolute atomic E-state index is 0.108. The highest BCUT2D eigenvalue weighted by molar-refractivity contribution is 7.48. The highest BCUT2D eigenvalue weighted by atomic mass is 31.2. The second-order valence-corrected chi connectivity index (χ2v) is 4.17. The number of esters is 1. The van der Waals surface area contributed by atoms with Crippen LogP contribution in [0.3, 0.4) is 0 Å². The minimum atomic E-state index is -1.25. The van der Waals surface area contributed by atoms with Crippen molar-refractivity contribution in [3.63, 3.8) is 0 Å². The summed E-state index contributed by atoms with van der Waals surface area (Å²) in [6.45, 7) is 6.87. The molecular formula is C7H16NO3P. The Hall–Kier alpha value is -0.180. The van der Waals surface area contributed by atoms with Gasteiger partial charge in [0.15, 0.2) is 0 Å². The van der Waals surface area contributed by atoms with Crippen molar-refractivity contribution < 1.29 is 14.4 Å². The number of carbonyl (C=O) groups is 1. The summed E-state index contributed by atoms with van der Waals surface area (Å²) in [6.07, 6.45) is -0.108. The van der Waals surface area contributed by atoms with E-state index in [2.05, 4.69) is 5.09 Å². The van der Waals surface area contributed by atoms with E-state index in [9.17, 15) is 4.79 Å². The Balaban J connectivity index is 3.77. The fourth-order valence-corrected chi connectivity index (χ4v) is 1.33. The van der Waals surface area contributed by atoms with Crippen molar-refractivity contribution in [3.8, 4) is 0 Å². The zero-order valence-electron chi connectivity index (χ0n) is 7.87. The first-order chi connectivity index (χ1) is 5.43. The first-order valence-corrected chi connectivity index (χ1v) is 5.57. The van der Waals surface area contributed by atoms with Crippen LogP contribution in [0, 0.1) is 0 Å². The monoisotopic (exact) mass is 193 g/mol. The molecule has 0 amide bonds. The van der Waals surface area contributed by atoms with Crippen LogP contribution in [0.15, 0.2) is 0 Å². The van der Waals surface area contributed by atoms with Gasteiger partial charge in [0.1, 0.15) is 6.04 Å². The van der Waals surface area contributed by atoms with Crippen LogP contribution in [0.25, 0.3) is 0 Å². The molecule has 0 aliphatic carbocycles. The molecule has 0 heterocycles. The molecule has 2 N–H and O–H groups in total. The topological polar surface area (TPSA) is 58.6 Å². The molecule has 1 unspecified atom stereocenters. The molecule has 4 nitrogen and oxygen atoms in total. The molecule has 5 heteroatoms. The van der Waals surface area contributed by atoms with Crippen molar-refractivity contribution in [2.75, 3.05) is 6.66 Å². The highest BCUT2D eigenvalue weighted by Crippen LogP contribution is 2.17. The Morgan fingerprint density at radius 3 is 2.33 bits per heavy atom. The largest absolute Gasteiger partial charge is 0.462 e. The molecule has 72 valence electrons. The van der Waals surface area contributed by atoms with Crippen molar-refractivity contribution in [2.45, 2.75) is 32.9 Å². The number of nitrogens with one attached hydrogen (secondary N) is 1. The van der Waals surface area contributed by atoms with Crippen LogP contribution in [-0.4, -0.2) is 29.7 Å². The second-order valence-electron chi connectivity index (χ2n) is 2.86. The predicted molar refractivity (Wildman–Crippen MR) is 48.9 cm³/mol. The second kappa shape index (κ2) is 5.46. The van der Waals surface area contributed by atoms with Crippen LogP contribution in [0.4, 0.5) is 0 Å². The highest BCUT2D eigenvalue weighted by Gasteiger charge is 2.16. The first-order valence-electron chi connectivity index (χ1n) is 3.82. The molecule has 0 aliphatic heterocycles. The molecule has 0 saturated heterocycles. The Labute approximate surface area is 74.2 Å². The van der Waals surface area contributed by atoms with E-state index in [1.165, 1.54) is 0 Å². The van der Waals surface area contributed by atoms with E-state index >= 15 is 0 Å². The van der Waals surface area contributed by atoms with Gasteiger partial charge in [-0.2, -0.15) is 0 Å². The summed E-state index contributed by atoms with van der Waals surface area (Å²) in [5.41, 5.74) is 0. The van der Waals surface area contributed by atoms with E-state index in [0.29, 0.717) is 0 Å². The lowest BCUT2D eigenvalue weighted by Gasteiger charge is -2.16. The van der Waals surface area contributed by atoms with Gasteiger partial charge in [-0.1, -0.05) is 0 Å². The van der Waals surface area contributed by atoms with Crippen LogP contribution in [0.5, 0.6) is 0 Å². The Morgan fingerprint density at radius 2 is 2.00 bits per heavy atom. The maximum atomic E-state index is 11.1. The number of hydrogen-bond donors (Lipinski definition) is 2. The fourth-order valence-electron chi connectivity index (χ4n) is 0.667. The third kappa shape index (κ3) is 5.47. The van der Waals surface area contributed by atoms with Gasteiger partial charge in [-0.3, -0.25) is 9.88 Å². The maximum absolute atomic E-state index is 11.1. The van der Waals surface area contributed by atoms with Crippen LogP contribution >= 0.6 is 8.30 Å². The third-order valence-corrected chi connectivity index (χ3v) is 1.85. The van der Waals surface area contributed by atoms with Gasteiger partial charge in [-0.05, 0) is 27.4 Å². The van der Waals surface area contributed by atoms with Crippen molar-refractivity contribution in [1.82, 2.24) is 5.09 Å². The van der Waals surface area contributed by atoms with Crippen molar-refractivity contribution in [2.24, 2.45) is 0 Å². The summed E-state index contributed by atoms with van der Waals surface area (Å²) in [5, 5.41) is 2.69.